The summed E-state index contributed by atoms with van der Waals surface area (Å²) >= 11 is 0. The third kappa shape index (κ3) is 3.36. The molecule has 2 rings (SSSR count). The molecule has 6 nitrogen and oxygen atoms in total. The van der Waals surface area contributed by atoms with E-state index >= 15 is 0 Å². The number of ether oxygens (including phenoxy) is 1. The van der Waals surface area contributed by atoms with E-state index in [1.54, 1.807) is 7.11 Å². The minimum Gasteiger partial charge on any atom is -0.380 e. The fourth-order valence-corrected chi connectivity index (χ4v) is 1.88. The second-order valence-corrected chi connectivity index (χ2v) is 4.45. The van der Waals surface area contributed by atoms with Gasteiger partial charge < -0.3 is 15.0 Å². The van der Waals surface area contributed by atoms with Crippen LogP contribution in [0, 0.1) is 13.8 Å². The van der Waals surface area contributed by atoms with Crippen LogP contribution in [0.1, 0.15) is 17.3 Å². The molecule has 102 valence electrons. The molecule has 0 aliphatic carbocycles. The largest absolute Gasteiger partial charge is 0.380 e. The Labute approximate surface area is 112 Å². The fourth-order valence-electron chi connectivity index (χ4n) is 1.88. The Morgan fingerprint density at radius 2 is 1.95 bits per heavy atom. The van der Waals surface area contributed by atoms with E-state index in [4.69, 9.17) is 15.0 Å². The zero-order chi connectivity index (χ0) is 13.8. The third-order valence-corrected chi connectivity index (χ3v) is 2.81. The molecule has 0 saturated heterocycles. The first-order valence-corrected chi connectivity index (χ1v) is 6.13. The maximum absolute atomic E-state index is 5.57. The Morgan fingerprint density at radius 1 is 1.26 bits per heavy atom. The smallest absolute Gasteiger partial charge is 0.229 e. The number of methoxy groups -OCH3 is 1. The zero-order valence-corrected chi connectivity index (χ0v) is 11.4. The van der Waals surface area contributed by atoms with Gasteiger partial charge in [0.15, 0.2) is 0 Å². The molecule has 0 fully saturated rings. The van der Waals surface area contributed by atoms with E-state index < -0.39 is 0 Å². The van der Waals surface area contributed by atoms with E-state index in [9.17, 15) is 0 Å². The van der Waals surface area contributed by atoms with Gasteiger partial charge in [-0.3, -0.25) is 4.98 Å². The van der Waals surface area contributed by atoms with Gasteiger partial charge in [-0.2, -0.15) is 4.98 Å². The highest BCUT2D eigenvalue weighted by molar-refractivity contribution is 5.55. The molecule has 0 radical (unpaired) electrons. The van der Waals surface area contributed by atoms with Crippen LogP contribution in [0.3, 0.4) is 0 Å². The van der Waals surface area contributed by atoms with Crippen molar-refractivity contribution in [3.05, 3.63) is 29.4 Å². The summed E-state index contributed by atoms with van der Waals surface area (Å²) in [5.74, 6) is 1.09. The van der Waals surface area contributed by atoms with Gasteiger partial charge in [-0.1, -0.05) is 5.16 Å². The van der Waals surface area contributed by atoms with Crippen molar-refractivity contribution in [1.29, 1.82) is 0 Å². The van der Waals surface area contributed by atoms with E-state index in [1.807, 2.05) is 26.0 Å². The molecule has 0 aromatic carbocycles. The molecule has 2 aromatic heterocycles. The molecule has 0 bridgehead atoms. The summed E-state index contributed by atoms with van der Waals surface area (Å²) in [6, 6.07) is 3.86. The van der Waals surface area contributed by atoms with Crippen LogP contribution in [0.4, 0.5) is 0 Å². The van der Waals surface area contributed by atoms with E-state index in [0.717, 1.165) is 17.0 Å². The Bertz CT molecular complexity index is 529. The summed E-state index contributed by atoms with van der Waals surface area (Å²) in [5.41, 5.74) is 8.33. The van der Waals surface area contributed by atoms with Crippen molar-refractivity contribution in [3.8, 4) is 11.4 Å². The molecule has 2 aromatic rings. The normalized spacial score (nSPS) is 12.6. The average molecular weight is 262 g/mol. The second kappa shape index (κ2) is 5.90. The van der Waals surface area contributed by atoms with Crippen molar-refractivity contribution in [2.24, 2.45) is 5.73 Å². The number of hydrogen-bond acceptors (Lipinski definition) is 6. The van der Waals surface area contributed by atoms with Crippen LogP contribution in [0.15, 0.2) is 16.7 Å². The first kappa shape index (κ1) is 13.6. The number of rotatable bonds is 5. The number of pyridine rings is 1. The molecule has 1 atom stereocenters. The summed E-state index contributed by atoms with van der Waals surface area (Å²) in [6.07, 6.45) is 0.414. The van der Waals surface area contributed by atoms with Gasteiger partial charge >= 0.3 is 0 Å². The lowest BCUT2D eigenvalue weighted by Gasteiger charge is -2.08. The molecular weight excluding hydrogens is 244 g/mol. The van der Waals surface area contributed by atoms with Gasteiger partial charge in [0.2, 0.25) is 11.7 Å². The van der Waals surface area contributed by atoms with Crippen LogP contribution in [0.2, 0.25) is 0 Å². The predicted molar refractivity (Wildman–Crippen MR) is 70.6 cm³/mol. The number of aromatic nitrogens is 3. The monoisotopic (exact) mass is 262 g/mol. The summed E-state index contributed by atoms with van der Waals surface area (Å²) in [4.78, 5) is 8.68. The van der Waals surface area contributed by atoms with Gasteiger partial charge in [-0.15, -0.1) is 0 Å². The molecule has 1 unspecified atom stereocenters. The van der Waals surface area contributed by atoms with Crippen LogP contribution in [-0.2, 0) is 11.2 Å². The molecule has 19 heavy (non-hydrogen) atoms. The van der Waals surface area contributed by atoms with Crippen LogP contribution in [0.5, 0.6) is 0 Å². The highest BCUT2D eigenvalue weighted by Crippen LogP contribution is 2.18. The number of nitrogens with zero attached hydrogens (tertiary/aromatic N) is 3. The first-order valence-electron chi connectivity index (χ1n) is 6.13. The van der Waals surface area contributed by atoms with Crippen LogP contribution >= 0.6 is 0 Å². The van der Waals surface area contributed by atoms with E-state index in [-0.39, 0.29) is 6.10 Å². The maximum Gasteiger partial charge on any atom is 0.229 e. The number of hydrogen-bond donors (Lipinski definition) is 1. The summed E-state index contributed by atoms with van der Waals surface area (Å²) in [6.45, 7) is 4.29. The molecule has 2 N–H and O–H groups in total. The van der Waals surface area contributed by atoms with Crippen molar-refractivity contribution in [2.75, 3.05) is 13.7 Å². The maximum atomic E-state index is 5.57. The lowest BCUT2D eigenvalue weighted by Crippen LogP contribution is -2.24. The van der Waals surface area contributed by atoms with Crippen molar-refractivity contribution < 1.29 is 9.26 Å². The Balaban J connectivity index is 2.20. The van der Waals surface area contributed by atoms with Crippen molar-refractivity contribution >= 4 is 0 Å². The van der Waals surface area contributed by atoms with E-state index in [2.05, 4.69) is 15.1 Å². The molecule has 0 aliphatic heterocycles. The van der Waals surface area contributed by atoms with Gasteiger partial charge in [-0.25, -0.2) is 0 Å². The van der Waals surface area contributed by atoms with Gasteiger partial charge in [-0.05, 0) is 26.0 Å². The predicted octanol–water partition coefficient (Wildman–Crippen LogP) is 1.26. The van der Waals surface area contributed by atoms with Gasteiger partial charge in [0, 0.05) is 30.6 Å². The highest BCUT2D eigenvalue weighted by Gasteiger charge is 2.14. The molecule has 2 heterocycles. The topological polar surface area (TPSA) is 87.1 Å². The number of aryl methyl sites for hydroxylation is 2. The Kier molecular flexibility index (Phi) is 4.24. The molecule has 0 amide bonds. The lowest BCUT2D eigenvalue weighted by atomic mass is 10.2. The van der Waals surface area contributed by atoms with Gasteiger partial charge in [0.05, 0.1) is 12.5 Å². The second-order valence-electron chi connectivity index (χ2n) is 4.45. The van der Waals surface area contributed by atoms with Crippen LogP contribution in [0.25, 0.3) is 11.4 Å². The quantitative estimate of drug-likeness (QED) is 0.873. The summed E-state index contributed by atoms with van der Waals surface area (Å²) < 4.78 is 10.4. The SMILES string of the molecule is COC(CN)Cc1nc(-c2cc(C)nc(C)c2)no1. The minimum atomic E-state index is -0.103. The Morgan fingerprint density at radius 3 is 2.53 bits per heavy atom. The van der Waals surface area contributed by atoms with Gasteiger partial charge in [0.1, 0.15) is 0 Å². The zero-order valence-electron chi connectivity index (χ0n) is 11.4. The fraction of sp³-hybridized carbons (Fsp3) is 0.462. The minimum absolute atomic E-state index is 0.103. The molecule has 0 spiro atoms. The Hall–Kier alpha value is -1.79. The van der Waals surface area contributed by atoms with E-state index in [1.165, 1.54) is 0 Å². The third-order valence-electron chi connectivity index (χ3n) is 2.81. The lowest BCUT2D eigenvalue weighted by molar-refractivity contribution is 0.102. The average Bonchev–Trinajstić information content (AvgIpc) is 2.83. The van der Waals surface area contributed by atoms with Crippen molar-refractivity contribution in [2.45, 2.75) is 26.4 Å². The van der Waals surface area contributed by atoms with Gasteiger partial charge in [0.25, 0.3) is 0 Å². The molecular formula is C13H18N4O2. The molecule has 0 aliphatic rings. The van der Waals surface area contributed by atoms with Crippen LogP contribution < -0.4 is 5.73 Å². The highest BCUT2D eigenvalue weighted by atomic mass is 16.5. The molecule has 0 saturated carbocycles. The first-order chi connectivity index (χ1) is 9.12. The van der Waals surface area contributed by atoms with Crippen molar-refractivity contribution in [1.82, 2.24) is 15.1 Å². The summed E-state index contributed by atoms with van der Waals surface area (Å²) in [7, 11) is 1.62. The number of nitrogens with two attached hydrogens (primary N) is 1. The summed E-state index contributed by atoms with van der Waals surface area (Å²) in [5, 5.41) is 3.98. The standard InChI is InChI=1S/C13H18N4O2/c1-8-4-10(5-9(2)15-8)13-16-12(19-17-13)6-11(7-14)18-3/h4-5,11H,6-7,14H2,1-3H3. The van der Waals surface area contributed by atoms with Crippen molar-refractivity contribution in [3.63, 3.8) is 0 Å². The molecule has 6 heteroatoms. The van der Waals surface area contributed by atoms with Crippen LogP contribution in [-0.4, -0.2) is 34.9 Å². The van der Waals surface area contributed by atoms with E-state index in [0.29, 0.717) is 24.7 Å².